The monoisotopic (exact) mass is 220 g/mol. The average molecular weight is 220 g/mol. The van der Waals surface area contributed by atoms with E-state index in [0.717, 1.165) is 24.2 Å². The molecule has 0 amide bonds. The van der Waals surface area contributed by atoms with E-state index in [-0.39, 0.29) is 0 Å². The fourth-order valence-corrected chi connectivity index (χ4v) is 2.28. The molecule has 0 unspecified atom stereocenters. The zero-order valence-electron chi connectivity index (χ0n) is 9.03. The van der Waals surface area contributed by atoms with E-state index in [1.807, 2.05) is 23.9 Å². The van der Waals surface area contributed by atoms with E-state index in [1.165, 1.54) is 11.3 Å². The van der Waals surface area contributed by atoms with E-state index in [4.69, 9.17) is 0 Å². The smallest absolute Gasteiger partial charge is 0.165 e. The molecule has 1 aliphatic rings. The first-order chi connectivity index (χ1) is 7.31. The molecule has 1 aromatic carbocycles. The molecule has 0 bridgehead atoms. The first-order valence-electron chi connectivity index (χ1n) is 5.58. The van der Waals surface area contributed by atoms with Gasteiger partial charge in [0, 0.05) is 16.4 Å². The van der Waals surface area contributed by atoms with Crippen LogP contribution in [0.1, 0.15) is 36.5 Å². The van der Waals surface area contributed by atoms with Gasteiger partial charge in [0.2, 0.25) is 0 Å². The molecule has 0 atom stereocenters. The summed E-state index contributed by atoms with van der Waals surface area (Å²) in [7, 11) is 0. The van der Waals surface area contributed by atoms with Crippen molar-refractivity contribution in [2.45, 2.75) is 31.1 Å². The largest absolute Gasteiger partial charge is 0.294 e. The first kappa shape index (κ1) is 10.7. The number of rotatable bonds is 5. The molecule has 1 aliphatic carbocycles. The lowest BCUT2D eigenvalue weighted by Crippen LogP contribution is -2.00. The maximum absolute atomic E-state index is 11.7. The molecule has 80 valence electrons. The van der Waals surface area contributed by atoms with Crippen molar-refractivity contribution >= 4 is 17.5 Å². The van der Waals surface area contributed by atoms with Gasteiger partial charge in [-0.15, -0.1) is 11.8 Å². The second-order valence-electron chi connectivity index (χ2n) is 4.01. The van der Waals surface area contributed by atoms with Crippen LogP contribution >= 0.6 is 11.8 Å². The summed E-state index contributed by atoms with van der Waals surface area (Å²) in [5.41, 5.74) is 0.887. The summed E-state index contributed by atoms with van der Waals surface area (Å²) in [6.07, 6.45) is 3.36. The lowest BCUT2D eigenvalue weighted by molar-refractivity contribution is 0.0967. The first-order valence-corrected chi connectivity index (χ1v) is 6.57. The molecule has 0 N–H and O–H groups in total. The van der Waals surface area contributed by atoms with Gasteiger partial charge in [-0.2, -0.15) is 0 Å². The molecule has 1 aromatic rings. The van der Waals surface area contributed by atoms with Crippen molar-refractivity contribution in [2.75, 3.05) is 5.75 Å². The number of carbonyl (C=O) groups excluding carboxylic acids is 1. The van der Waals surface area contributed by atoms with Crippen molar-refractivity contribution in [3.63, 3.8) is 0 Å². The van der Waals surface area contributed by atoms with E-state index in [9.17, 15) is 4.79 Å². The number of Topliss-reactive ketones (excluding diaryl/α,β-unsaturated/α-hetero) is 1. The van der Waals surface area contributed by atoms with Crippen LogP contribution in [0.3, 0.4) is 0 Å². The second kappa shape index (κ2) is 4.84. The molecule has 1 fully saturated rings. The lowest BCUT2D eigenvalue weighted by Gasteiger charge is -2.02. The third-order valence-electron chi connectivity index (χ3n) is 2.56. The molecule has 0 saturated heterocycles. The number of thioether (sulfide) groups is 1. The zero-order valence-corrected chi connectivity index (χ0v) is 9.85. The van der Waals surface area contributed by atoms with Gasteiger partial charge in [0.25, 0.3) is 0 Å². The minimum atomic E-state index is 0.333. The van der Waals surface area contributed by atoms with Crippen LogP contribution in [0.4, 0.5) is 0 Å². The van der Waals surface area contributed by atoms with Crippen LogP contribution in [-0.4, -0.2) is 11.5 Å². The van der Waals surface area contributed by atoms with E-state index >= 15 is 0 Å². The molecule has 0 aromatic heterocycles. The molecular weight excluding hydrogens is 204 g/mol. The second-order valence-corrected chi connectivity index (χ2v) is 5.18. The average Bonchev–Trinajstić information content (AvgIpc) is 3.10. The number of carbonyl (C=O) groups is 1. The van der Waals surface area contributed by atoms with Gasteiger partial charge in [-0.3, -0.25) is 4.79 Å². The Hall–Kier alpha value is -0.760. The Kier molecular flexibility index (Phi) is 3.47. The van der Waals surface area contributed by atoms with E-state index in [0.29, 0.717) is 11.7 Å². The standard InChI is InChI=1S/C13H16OS/c1-2-9-15-12-7-5-11(6-8-12)13(14)10-3-4-10/h5-8,10H,2-4,9H2,1H3. The summed E-state index contributed by atoms with van der Waals surface area (Å²) in [6, 6.07) is 8.07. The van der Waals surface area contributed by atoms with Gasteiger partial charge in [-0.25, -0.2) is 0 Å². The highest BCUT2D eigenvalue weighted by Gasteiger charge is 2.30. The fourth-order valence-electron chi connectivity index (χ4n) is 1.52. The summed E-state index contributed by atoms with van der Waals surface area (Å²) in [6.45, 7) is 2.18. The van der Waals surface area contributed by atoms with Crippen molar-refractivity contribution in [3.8, 4) is 0 Å². The zero-order chi connectivity index (χ0) is 10.7. The third kappa shape index (κ3) is 2.85. The van der Waals surface area contributed by atoms with Crippen LogP contribution in [-0.2, 0) is 0 Å². The maximum Gasteiger partial charge on any atom is 0.165 e. The van der Waals surface area contributed by atoms with Crippen LogP contribution in [0.15, 0.2) is 29.2 Å². The van der Waals surface area contributed by atoms with Crippen LogP contribution < -0.4 is 0 Å². The molecule has 1 nitrogen and oxygen atoms in total. The highest BCUT2D eigenvalue weighted by Crippen LogP contribution is 2.33. The van der Waals surface area contributed by atoms with Gasteiger partial charge in [-0.05, 0) is 37.1 Å². The molecule has 15 heavy (non-hydrogen) atoms. The van der Waals surface area contributed by atoms with Gasteiger partial charge in [-0.1, -0.05) is 19.1 Å². The van der Waals surface area contributed by atoms with Crippen LogP contribution in [0.5, 0.6) is 0 Å². The molecule has 0 aliphatic heterocycles. The summed E-state index contributed by atoms with van der Waals surface area (Å²) in [5.74, 6) is 1.82. The minimum Gasteiger partial charge on any atom is -0.294 e. The molecule has 1 saturated carbocycles. The number of benzene rings is 1. The Morgan fingerprint density at radius 3 is 2.53 bits per heavy atom. The molecule has 2 heteroatoms. The summed E-state index contributed by atoms with van der Waals surface area (Å²) >= 11 is 1.85. The Bertz CT molecular complexity index is 338. The van der Waals surface area contributed by atoms with Gasteiger partial charge >= 0.3 is 0 Å². The van der Waals surface area contributed by atoms with E-state index in [2.05, 4.69) is 19.1 Å². The van der Waals surface area contributed by atoms with Crippen molar-refractivity contribution in [1.82, 2.24) is 0 Å². The SMILES string of the molecule is CCCSc1ccc(C(=O)C2CC2)cc1. The Morgan fingerprint density at radius 1 is 1.33 bits per heavy atom. The predicted octanol–water partition coefficient (Wildman–Crippen LogP) is 3.78. The summed E-state index contributed by atoms with van der Waals surface area (Å²) in [4.78, 5) is 13.0. The van der Waals surface area contributed by atoms with Crippen molar-refractivity contribution < 1.29 is 4.79 Å². The Morgan fingerprint density at radius 2 is 2.00 bits per heavy atom. The highest BCUT2D eigenvalue weighted by atomic mass is 32.2. The Balaban J connectivity index is 1.99. The summed E-state index contributed by atoms with van der Waals surface area (Å²) in [5, 5.41) is 0. The van der Waals surface area contributed by atoms with Crippen molar-refractivity contribution in [1.29, 1.82) is 0 Å². The molecule has 2 rings (SSSR count). The normalized spacial score (nSPS) is 15.3. The lowest BCUT2D eigenvalue weighted by atomic mass is 10.1. The van der Waals surface area contributed by atoms with Gasteiger partial charge in [0.05, 0.1) is 0 Å². The van der Waals surface area contributed by atoms with E-state index in [1.54, 1.807) is 0 Å². The number of ketones is 1. The quantitative estimate of drug-likeness (QED) is 0.555. The molecule has 0 heterocycles. The topological polar surface area (TPSA) is 17.1 Å². The van der Waals surface area contributed by atoms with Crippen LogP contribution in [0.25, 0.3) is 0 Å². The van der Waals surface area contributed by atoms with Crippen molar-refractivity contribution in [2.24, 2.45) is 5.92 Å². The molecule has 0 spiro atoms. The molecular formula is C13H16OS. The fraction of sp³-hybridized carbons (Fsp3) is 0.462. The minimum absolute atomic E-state index is 0.333. The van der Waals surface area contributed by atoms with Gasteiger partial charge in [0.1, 0.15) is 0 Å². The maximum atomic E-state index is 11.7. The predicted molar refractivity (Wildman–Crippen MR) is 64.5 cm³/mol. The Labute approximate surface area is 95.3 Å². The van der Waals surface area contributed by atoms with Crippen LogP contribution in [0, 0.1) is 5.92 Å². The summed E-state index contributed by atoms with van der Waals surface area (Å²) < 4.78 is 0. The van der Waals surface area contributed by atoms with E-state index < -0.39 is 0 Å². The third-order valence-corrected chi connectivity index (χ3v) is 3.78. The van der Waals surface area contributed by atoms with Crippen molar-refractivity contribution in [3.05, 3.63) is 29.8 Å². The highest BCUT2D eigenvalue weighted by molar-refractivity contribution is 7.99. The van der Waals surface area contributed by atoms with Gasteiger partial charge < -0.3 is 0 Å². The molecule has 0 radical (unpaired) electrons. The van der Waals surface area contributed by atoms with Crippen LogP contribution in [0.2, 0.25) is 0 Å². The number of hydrogen-bond donors (Lipinski definition) is 0. The number of hydrogen-bond acceptors (Lipinski definition) is 2. The van der Waals surface area contributed by atoms with Gasteiger partial charge in [0.15, 0.2) is 5.78 Å².